The SMILES string of the molecule is C=CCCC(C#Cc1ccccc1)c1ccc(C)cc1. The molecule has 0 heterocycles. The van der Waals surface area contributed by atoms with Crippen LogP contribution in [0.4, 0.5) is 0 Å². The molecule has 20 heavy (non-hydrogen) atoms. The summed E-state index contributed by atoms with van der Waals surface area (Å²) in [6, 6.07) is 18.8. The van der Waals surface area contributed by atoms with Crippen molar-refractivity contribution in [3.63, 3.8) is 0 Å². The first-order chi connectivity index (χ1) is 9.79. The number of allylic oxidation sites excluding steroid dienone is 1. The van der Waals surface area contributed by atoms with Crippen LogP contribution in [0.15, 0.2) is 67.3 Å². The number of hydrogen-bond acceptors (Lipinski definition) is 0. The van der Waals surface area contributed by atoms with Gasteiger partial charge in [-0.2, -0.15) is 0 Å². The van der Waals surface area contributed by atoms with E-state index in [1.807, 2.05) is 36.4 Å². The molecule has 1 atom stereocenters. The van der Waals surface area contributed by atoms with Crippen LogP contribution >= 0.6 is 0 Å². The van der Waals surface area contributed by atoms with Crippen molar-refractivity contribution in [2.24, 2.45) is 0 Å². The summed E-state index contributed by atoms with van der Waals surface area (Å²) in [6.07, 6.45) is 3.97. The van der Waals surface area contributed by atoms with Gasteiger partial charge in [-0.3, -0.25) is 0 Å². The molecule has 0 bridgehead atoms. The van der Waals surface area contributed by atoms with E-state index in [0.29, 0.717) is 0 Å². The minimum absolute atomic E-state index is 0.272. The lowest BCUT2D eigenvalue weighted by Crippen LogP contribution is -1.96. The van der Waals surface area contributed by atoms with Crippen molar-refractivity contribution in [2.45, 2.75) is 25.7 Å². The van der Waals surface area contributed by atoms with Crippen LogP contribution in [0.3, 0.4) is 0 Å². The maximum Gasteiger partial charge on any atom is 0.0459 e. The van der Waals surface area contributed by atoms with E-state index < -0.39 is 0 Å². The monoisotopic (exact) mass is 260 g/mol. The van der Waals surface area contributed by atoms with Crippen LogP contribution < -0.4 is 0 Å². The largest absolute Gasteiger partial charge is 0.103 e. The Labute approximate surface area is 122 Å². The summed E-state index contributed by atoms with van der Waals surface area (Å²) in [5, 5.41) is 0. The Morgan fingerprint density at radius 1 is 1.05 bits per heavy atom. The Morgan fingerprint density at radius 2 is 1.75 bits per heavy atom. The molecule has 2 aromatic carbocycles. The summed E-state index contributed by atoms with van der Waals surface area (Å²) >= 11 is 0. The van der Waals surface area contributed by atoms with Crippen molar-refractivity contribution in [2.75, 3.05) is 0 Å². The normalized spacial score (nSPS) is 11.2. The predicted octanol–water partition coefficient (Wildman–Crippen LogP) is 5.10. The lowest BCUT2D eigenvalue weighted by Gasteiger charge is -2.10. The minimum Gasteiger partial charge on any atom is -0.103 e. The molecule has 0 radical (unpaired) electrons. The molecule has 0 N–H and O–H groups in total. The topological polar surface area (TPSA) is 0 Å². The third-order valence-electron chi connectivity index (χ3n) is 3.30. The third kappa shape index (κ3) is 4.14. The van der Waals surface area contributed by atoms with Gasteiger partial charge in [-0.25, -0.2) is 0 Å². The molecule has 0 saturated carbocycles. The van der Waals surface area contributed by atoms with Gasteiger partial charge in [-0.05, 0) is 37.5 Å². The molecular formula is C20H20. The Hall–Kier alpha value is -2.26. The highest BCUT2D eigenvalue weighted by Crippen LogP contribution is 2.21. The van der Waals surface area contributed by atoms with Crippen molar-refractivity contribution >= 4 is 0 Å². The summed E-state index contributed by atoms with van der Waals surface area (Å²) in [5.41, 5.74) is 3.65. The standard InChI is InChI=1S/C20H20/c1-3-4-10-19(20-14-11-17(2)12-15-20)16-13-18-8-6-5-7-9-18/h3,5-9,11-12,14-15,19H,1,4,10H2,2H3. The average Bonchev–Trinajstić information content (AvgIpc) is 2.50. The summed E-state index contributed by atoms with van der Waals surface area (Å²) in [7, 11) is 0. The van der Waals surface area contributed by atoms with E-state index in [-0.39, 0.29) is 5.92 Å². The zero-order chi connectivity index (χ0) is 14.2. The van der Waals surface area contributed by atoms with Gasteiger partial charge in [0, 0.05) is 11.5 Å². The first-order valence-electron chi connectivity index (χ1n) is 7.03. The lowest BCUT2D eigenvalue weighted by atomic mass is 9.93. The van der Waals surface area contributed by atoms with E-state index in [0.717, 1.165) is 18.4 Å². The van der Waals surface area contributed by atoms with E-state index in [1.54, 1.807) is 0 Å². The molecule has 2 aromatic rings. The summed E-state index contributed by atoms with van der Waals surface area (Å²) in [5.74, 6) is 6.96. The Kier molecular flexibility index (Phi) is 5.21. The van der Waals surface area contributed by atoms with Gasteiger partial charge in [0.2, 0.25) is 0 Å². The second kappa shape index (κ2) is 7.36. The van der Waals surface area contributed by atoms with Crippen LogP contribution in [0.5, 0.6) is 0 Å². The van der Waals surface area contributed by atoms with E-state index in [4.69, 9.17) is 0 Å². The van der Waals surface area contributed by atoms with Gasteiger partial charge in [-0.1, -0.05) is 65.9 Å². The zero-order valence-corrected chi connectivity index (χ0v) is 12.0. The van der Waals surface area contributed by atoms with Gasteiger partial charge in [0.05, 0.1) is 0 Å². The highest BCUT2D eigenvalue weighted by molar-refractivity contribution is 5.38. The highest BCUT2D eigenvalue weighted by atomic mass is 14.1. The van der Waals surface area contributed by atoms with Gasteiger partial charge in [0.15, 0.2) is 0 Å². The molecule has 0 amide bonds. The van der Waals surface area contributed by atoms with Crippen LogP contribution in [0.25, 0.3) is 0 Å². The Bertz CT molecular complexity index is 594. The maximum atomic E-state index is 3.81. The molecule has 0 aliphatic carbocycles. The predicted molar refractivity (Wildman–Crippen MR) is 86.7 cm³/mol. The molecule has 0 aliphatic heterocycles. The fourth-order valence-corrected chi connectivity index (χ4v) is 2.10. The lowest BCUT2D eigenvalue weighted by molar-refractivity contribution is 0.771. The van der Waals surface area contributed by atoms with Crippen molar-refractivity contribution in [3.05, 3.63) is 83.9 Å². The van der Waals surface area contributed by atoms with Crippen LogP contribution in [-0.2, 0) is 0 Å². The van der Waals surface area contributed by atoms with Crippen LogP contribution in [0.1, 0.15) is 35.4 Å². The Balaban J connectivity index is 2.22. The minimum atomic E-state index is 0.272. The molecule has 1 unspecified atom stereocenters. The summed E-state index contributed by atoms with van der Waals surface area (Å²) in [4.78, 5) is 0. The fourth-order valence-electron chi connectivity index (χ4n) is 2.10. The van der Waals surface area contributed by atoms with E-state index in [1.165, 1.54) is 11.1 Å². The number of benzene rings is 2. The molecule has 0 heteroatoms. The highest BCUT2D eigenvalue weighted by Gasteiger charge is 2.07. The maximum absolute atomic E-state index is 3.81. The molecule has 0 aromatic heterocycles. The van der Waals surface area contributed by atoms with Crippen molar-refractivity contribution in [3.8, 4) is 11.8 Å². The van der Waals surface area contributed by atoms with Crippen molar-refractivity contribution in [1.82, 2.24) is 0 Å². The zero-order valence-electron chi connectivity index (χ0n) is 12.0. The molecule has 0 fully saturated rings. The molecule has 0 saturated heterocycles. The molecule has 0 nitrogen and oxygen atoms in total. The van der Waals surface area contributed by atoms with E-state index in [2.05, 4.69) is 49.6 Å². The summed E-state index contributed by atoms with van der Waals surface area (Å²) < 4.78 is 0. The first-order valence-corrected chi connectivity index (χ1v) is 7.03. The quantitative estimate of drug-likeness (QED) is 0.530. The van der Waals surface area contributed by atoms with Crippen LogP contribution in [-0.4, -0.2) is 0 Å². The second-order valence-electron chi connectivity index (χ2n) is 4.96. The summed E-state index contributed by atoms with van der Waals surface area (Å²) in [6.45, 7) is 5.92. The number of hydrogen-bond donors (Lipinski definition) is 0. The van der Waals surface area contributed by atoms with Crippen LogP contribution in [0, 0.1) is 18.8 Å². The third-order valence-corrected chi connectivity index (χ3v) is 3.30. The van der Waals surface area contributed by atoms with Crippen molar-refractivity contribution in [1.29, 1.82) is 0 Å². The van der Waals surface area contributed by atoms with E-state index >= 15 is 0 Å². The number of aryl methyl sites for hydroxylation is 1. The Morgan fingerprint density at radius 3 is 2.40 bits per heavy atom. The second-order valence-corrected chi connectivity index (χ2v) is 4.96. The molecule has 0 aliphatic rings. The molecule has 0 spiro atoms. The average molecular weight is 260 g/mol. The molecular weight excluding hydrogens is 240 g/mol. The van der Waals surface area contributed by atoms with Gasteiger partial charge >= 0.3 is 0 Å². The van der Waals surface area contributed by atoms with Gasteiger partial charge < -0.3 is 0 Å². The van der Waals surface area contributed by atoms with Gasteiger partial charge in [0.25, 0.3) is 0 Å². The van der Waals surface area contributed by atoms with E-state index in [9.17, 15) is 0 Å². The van der Waals surface area contributed by atoms with Gasteiger partial charge in [-0.15, -0.1) is 6.58 Å². The molecule has 2 rings (SSSR count). The van der Waals surface area contributed by atoms with Crippen molar-refractivity contribution < 1.29 is 0 Å². The first kappa shape index (κ1) is 14.2. The number of rotatable bonds is 4. The fraction of sp³-hybridized carbons (Fsp3) is 0.200. The molecule has 100 valence electrons. The van der Waals surface area contributed by atoms with Crippen LogP contribution in [0.2, 0.25) is 0 Å². The van der Waals surface area contributed by atoms with Gasteiger partial charge in [0.1, 0.15) is 0 Å². The smallest absolute Gasteiger partial charge is 0.0459 e.